The van der Waals surface area contributed by atoms with E-state index < -0.39 is 18.0 Å². The van der Waals surface area contributed by atoms with Crippen molar-refractivity contribution < 1.29 is 19.1 Å². The van der Waals surface area contributed by atoms with Crippen molar-refractivity contribution in [3.05, 3.63) is 35.4 Å². The van der Waals surface area contributed by atoms with Crippen LogP contribution in [-0.4, -0.2) is 24.5 Å². The standard InChI is InChI=1S/C15H16O4/c1-2-18-15(17)12-8-10-7-9-5-3-4-6-11(9)14(19-10)13(12)16/h3-6,10,12,14H,2,7-8H2,1H3/t10-,12-,14+/m1/s1. The second-order valence-corrected chi connectivity index (χ2v) is 4.98. The number of hydrogen-bond donors (Lipinski definition) is 0. The number of ether oxygens (including phenoxy) is 2. The van der Waals surface area contributed by atoms with Crippen LogP contribution < -0.4 is 0 Å². The van der Waals surface area contributed by atoms with Crippen LogP contribution in [-0.2, 0) is 25.5 Å². The van der Waals surface area contributed by atoms with Crippen LogP contribution in [0, 0.1) is 5.92 Å². The van der Waals surface area contributed by atoms with Crippen LogP contribution in [0.3, 0.4) is 0 Å². The zero-order chi connectivity index (χ0) is 13.4. The van der Waals surface area contributed by atoms with Crippen molar-refractivity contribution in [3.63, 3.8) is 0 Å². The van der Waals surface area contributed by atoms with Gasteiger partial charge in [-0.3, -0.25) is 9.59 Å². The number of rotatable bonds is 2. The molecule has 2 aliphatic rings. The van der Waals surface area contributed by atoms with Crippen molar-refractivity contribution in [1.82, 2.24) is 0 Å². The number of fused-ring (bicyclic) bond motifs is 4. The summed E-state index contributed by atoms with van der Waals surface area (Å²) in [6.45, 7) is 2.05. The molecule has 1 aromatic rings. The molecule has 0 aliphatic carbocycles. The normalized spacial score (nSPS) is 28.7. The minimum Gasteiger partial charge on any atom is -0.465 e. The van der Waals surface area contributed by atoms with Crippen molar-refractivity contribution in [2.75, 3.05) is 6.61 Å². The molecular weight excluding hydrogens is 244 g/mol. The van der Waals surface area contributed by atoms with Crippen molar-refractivity contribution in [2.45, 2.75) is 32.0 Å². The van der Waals surface area contributed by atoms with E-state index in [2.05, 4.69) is 0 Å². The largest absolute Gasteiger partial charge is 0.465 e. The third-order valence-corrected chi connectivity index (χ3v) is 3.79. The fourth-order valence-electron chi connectivity index (χ4n) is 2.91. The first-order chi connectivity index (χ1) is 9.20. The SMILES string of the molecule is CCOC(=O)[C@@H]1C[C@H]2Cc3ccccc3[C@H](O2)C1=O. The average molecular weight is 260 g/mol. The molecule has 2 heterocycles. The second kappa shape index (κ2) is 4.78. The van der Waals surface area contributed by atoms with E-state index in [0.29, 0.717) is 13.0 Å². The number of benzene rings is 1. The summed E-state index contributed by atoms with van der Waals surface area (Å²) in [6.07, 6.45) is 0.531. The lowest BCUT2D eigenvalue weighted by atomic mass is 9.80. The Kier molecular flexibility index (Phi) is 3.11. The summed E-state index contributed by atoms with van der Waals surface area (Å²) in [5.74, 6) is -1.25. The molecular formula is C15H16O4. The monoisotopic (exact) mass is 260 g/mol. The van der Waals surface area contributed by atoms with Crippen LogP contribution in [0.1, 0.15) is 30.6 Å². The highest BCUT2D eigenvalue weighted by molar-refractivity contribution is 6.02. The fourth-order valence-corrected chi connectivity index (χ4v) is 2.91. The quantitative estimate of drug-likeness (QED) is 0.601. The molecule has 4 nitrogen and oxygen atoms in total. The Morgan fingerprint density at radius 2 is 2.21 bits per heavy atom. The third kappa shape index (κ3) is 2.06. The summed E-state index contributed by atoms with van der Waals surface area (Å²) in [7, 11) is 0. The number of Topliss-reactive ketones (excluding diaryl/α,β-unsaturated/α-hetero) is 1. The minimum atomic E-state index is -0.669. The molecule has 0 spiro atoms. The Morgan fingerprint density at radius 3 is 3.00 bits per heavy atom. The van der Waals surface area contributed by atoms with Gasteiger partial charge in [0.05, 0.1) is 12.7 Å². The van der Waals surface area contributed by atoms with E-state index in [-0.39, 0.29) is 11.9 Å². The first kappa shape index (κ1) is 12.4. The summed E-state index contributed by atoms with van der Waals surface area (Å²) in [5.41, 5.74) is 2.05. The van der Waals surface area contributed by atoms with E-state index in [4.69, 9.17) is 9.47 Å². The van der Waals surface area contributed by atoms with Crippen LogP contribution in [0.4, 0.5) is 0 Å². The van der Waals surface area contributed by atoms with Gasteiger partial charge in [0, 0.05) is 0 Å². The van der Waals surface area contributed by atoms with Gasteiger partial charge in [0.25, 0.3) is 0 Å². The van der Waals surface area contributed by atoms with Gasteiger partial charge >= 0.3 is 5.97 Å². The van der Waals surface area contributed by atoms with Gasteiger partial charge in [0.2, 0.25) is 0 Å². The third-order valence-electron chi connectivity index (χ3n) is 3.79. The zero-order valence-corrected chi connectivity index (χ0v) is 10.8. The predicted molar refractivity (Wildman–Crippen MR) is 67.5 cm³/mol. The smallest absolute Gasteiger partial charge is 0.316 e. The van der Waals surface area contributed by atoms with Crippen LogP contribution in [0.15, 0.2) is 24.3 Å². The Hall–Kier alpha value is -1.68. The van der Waals surface area contributed by atoms with E-state index in [0.717, 1.165) is 17.5 Å². The highest BCUT2D eigenvalue weighted by Crippen LogP contribution is 2.39. The molecule has 0 radical (unpaired) electrons. The lowest BCUT2D eigenvalue weighted by Crippen LogP contribution is -2.44. The Bertz CT molecular complexity index is 523. The van der Waals surface area contributed by atoms with Gasteiger partial charge in [0.15, 0.2) is 5.78 Å². The van der Waals surface area contributed by atoms with Crippen LogP contribution in [0.25, 0.3) is 0 Å². The first-order valence-corrected chi connectivity index (χ1v) is 6.64. The Morgan fingerprint density at radius 1 is 1.42 bits per heavy atom. The highest BCUT2D eigenvalue weighted by Gasteiger charge is 2.45. The Labute approximate surface area is 111 Å². The molecule has 3 atom stereocenters. The number of hydrogen-bond acceptors (Lipinski definition) is 4. The molecule has 2 aliphatic heterocycles. The number of esters is 1. The van der Waals surface area contributed by atoms with Gasteiger partial charge in [0.1, 0.15) is 12.0 Å². The summed E-state index contributed by atoms with van der Waals surface area (Å²) in [6, 6.07) is 7.79. The molecule has 100 valence electrons. The van der Waals surface area contributed by atoms with E-state index >= 15 is 0 Å². The molecule has 0 unspecified atom stereocenters. The van der Waals surface area contributed by atoms with Crippen LogP contribution in [0.5, 0.6) is 0 Å². The van der Waals surface area contributed by atoms with E-state index in [1.807, 2.05) is 24.3 Å². The van der Waals surface area contributed by atoms with Crippen molar-refractivity contribution in [1.29, 1.82) is 0 Å². The lowest BCUT2D eigenvalue weighted by molar-refractivity contribution is -0.168. The summed E-state index contributed by atoms with van der Waals surface area (Å²) in [5, 5.41) is 0. The maximum atomic E-state index is 12.4. The molecule has 0 saturated carbocycles. The number of carbonyl (C=O) groups excluding carboxylic acids is 2. The summed E-state index contributed by atoms with van der Waals surface area (Å²) in [4.78, 5) is 24.2. The van der Waals surface area contributed by atoms with Gasteiger partial charge in [-0.15, -0.1) is 0 Å². The molecule has 19 heavy (non-hydrogen) atoms. The second-order valence-electron chi connectivity index (χ2n) is 4.98. The van der Waals surface area contributed by atoms with Gasteiger partial charge in [-0.05, 0) is 30.9 Å². The van der Waals surface area contributed by atoms with Gasteiger partial charge < -0.3 is 9.47 Å². The van der Waals surface area contributed by atoms with Crippen LogP contribution in [0.2, 0.25) is 0 Å². The molecule has 2 bridgehead atoms. The average Bonchev–Trinajstić information content (AvgIpc) is 2.42. The minimum absolute atomic E-state index is 0.0630. The molecule has 3 rings (SSSR count). The van der Waals surface area contributed by atoms with Crippen molar-refractivity contribution >= 4 is 11.8 Å². The maximum Gasteiger partial charge on any atom is 0.316 e. The molecule has 0 amide bonds. The molecule has 0 N–H and O–H groups in total. The van der Waals surface area contributed by atoms with Crippen LogP contribution >= 0.6 is 0 Å². The topological polar surface area (TPSA) is 52.6 Å². The number of carbonyl (C=O) groups is 2. The van der Waals surface area contributed by atoms with Crippen molar-refractivity contribution in [2.24, 2.45) is 5.92 Å². The van der Waals surface area contributed by atoms with E-state index in [1.54, 1.807) is 6.92 Å². The molecule has 1 aromatic carbocycles. The number of ketones is 1. The molecule has 0 aromatic heterocycles. The molecule has 1 fully saturated rings. The first-order valence-electron chi connectivity index (χ1n) is 6.64. The fraction of sp³-hybridized carbons (Fsp3) is 0.467. The highest BCUT2D eigenvalue weighted by atomic mass is 16.5. The zero-order valence-electron chi connectivity index (χ0n) is 10.8. The Balaban J connectivity index is 1.92. The van der Waals surface area contributed by atoms with E-state index in [1.165, 1.54) is 0 Å². The van der Waals surface area contributed by atoms with Crippen molar-refractivity contribution in [3.8, 4) is 0 Å². The summed E-state index contributed by atoms with van der Waals surface area (Å²) < 4.78 is 10.8. The van der Waals surface area contributed by atoms with E-state index in [9.17, 15) is 9.59 Å². The van der Waals surface area contributed by atoms with Gasteiger partial charge in [-0.2, -0.15) is 0 Å². The van der Waals surface area contributed by atoms with Gasteiger partial charge in [-0.25, -0.2) is 0 Å². The lowest BCUT2D eigenvalue weighted by Gasteiger charge is -2.38. The summed E-state index contributed by atoms with van der Waals surface area (Å²) >= 11 is 0. The maximum absolute atomic E-state index is 12.4. The molecule has 1 saturated heterocycles. The van der Waals surface area contributed by atoms with Gasteiger partial charge in [-0.1, -0.05) is 24.3 Å². The molecule has 4 heteroatoms. The predicted octanol–water partition coefficient (Wildman–Crippen LogP) is 1.82.